The summed E-state index contributed by atoms with van der Waals surface area (Å²) < 4.78 is 27.5. The summed E-state index contributed by atoms with van der Waals surface area (Å²) in [5, 5.41) is 2.32. The lowest BCUT2D eigenvalue weighted by atomic mass is 10.2. The van der Waals surface area contributed by atoms with Crippen molar-refractivity contribution in [1.29, 1.82) is 0 Å². The van der Waals surface area contributed by atoms with E-state index in [9.17, 15) is 18.0 Å². The fraction of sp³-hybridized carbons (Fsp3) is 0.400. The van der Waals surface area contributed by atoms with Gasteiger partial charge < -0.3 is 9.80 Å². The molecule has 2 amide bonds. The predicted molar refractivity (Wildman–Crippen MR) is 115 cm³/mol. The van der Waals surface area contributed by atoms with Gasteiger partial charge in [0.25, 0.3) is 5.91 Å². The molecule has 0 spiro atoms. The van der Waals surface area contributed by atoms with Gasteiger partial charge in [-0.1, -0.05) is 17.7 Å². The Morgan fingerprint density at radius 2 is 1.63 bits per heavy atom. The van der Waals surface area contributed by atoms with Crippen molar-refractivity contribution in [1.82, 2.24) is 14.1 Å². The van der Waals surface area contributed by atoms with E-state index in [1.54, 1.807) is 15.9 Å². The maximum Gasteiger partial charge on any atom is 0.264 e. The second-order valence-corrected chi connectivity index (χ2v) is 10.6. The summed E-state index contributed by atoms with van der Waals surface area (Å²) in [6, 6.07) is 8.93. The van der Waals surface area contributed by atoms with Gasteiger partial charge in [0.15, 0.2) is 0 Å². The molecule has 0 unspecified atom stereocenters. The van der Waals surface area contributed by atoms with Gasteiger partial charge in [0.2, 0.25) is 15.9 Å². The van der Waals surface area contributed by atoms with Gasteiger partial charge in [0.05, 0.1) is 9.77 Å². The summed E-state index contributed by atoms with van der Waals surface area (Å²) in [4.78, 5) is 29.9. The summed E-state index contributed by atoms with van der Waals surface area (Å²) >= 11 is 7.27. The van der Waals surface area contributed by atoms with Crippen LogP contribution in [0.25, 0.3) is 0 Å². The molecule has 160 valence electrons. The van der Waals surface area contributed by atoms with Gasteiger partial charge >= 0.3 is 0 Å². The van der Waals surface area contributed by atoms with E-state index in [-0.39, 0.29) is 16.7 Å². The van der Waals surface area contributed by atoms with E-state index >= 15 is 0 Å². The Hall–Kier alpha value is -1.94. The molecule has 4 rings (SSSR count). The maximum absolute atomic E-state index is 13.1. The number of amides is 2. The Morgan fingerprint density at radius 1 is 0.967 bits per heavy atom. The van der Waals surface area contributed by atoms with Crippen LogP contribution in [0, 0.1) is 0 Å². The lowest BCUT2D eigenvalue weighted by Gasteiger charge is -2.37. The molecule has 1 atom stereocenters. The molecule has 2 saturated heterocycles. The molecule has 2 aliphatic rings. The number of carbonyl (C=O) groups excluding carboxylic acids is 2. The highest BCUT2D eigenvalue weighted by Gasteiger charge is 2.41. The largest absolute Gasteiger partial charge is 0.338 e. The Labute approximate surface area is 184 Å². The molecular formula is C20H22ClN3O4S2. The van der Waals surface area contributed by atoms with Crippen LogP contribution in [0.1, 0.15) is 22.5 Å². The van der Waals surface area contributed by atoms with Crippen LogP contribution in [-0.4, -0.2) is 73.1 Å². The zero-order valence-electron chi connectivity index (χ0n) is 16.2. The van der Waals surface area contributed by atoms with Crippen LogP contribution in [0.15, 0.2) is 46.7 Å². The third-order valence-corrected chi connectivity index (χ3v) is 8.55. The molecule has 7 nitrogen and oxygen atoms in total. The van der Waals surface area contributed by atoms with Gasteiger partial charge in [-0.3, -0.25) is 9.59 Å². The number of benzene rings is 1. The second kappa shape index (κ2) is 8.66. The molecule has 10 heteroatoms. The van der Waals surface area contributed by atoms with Crippen LogP contribution in [-0.2, 0) is 14.8 Å². The van der Waals surface area contributed by atoms with Crippen molar-refractivity contribution in [3.8, 4) is 0 Å². The van der Waals surface area contributed by atoms with Gasteiger partial charge in [-0.2, -0.15) is 4.31 Å². The van der Waals surface area contributed by atoms with Crippen molar-refractivity contribution in [3.63, 3.8) is 0 Å². The van der Waals surface area contributed by atoms with Crippen molar-refractivity contribution in [2.75, 3.05) is 32.7 Å². The number of carbonyl (C=O) groups is 2. The highest BCUT2D eigenvalue weighted by atomic mass is 35.5. The lowest BCUT2D eigenvalue weighted by molar-refractivity contribution is -0.136. The van der Waals surface area contributed by atoms with Gasteiger partial charge in [-0.25, -0.2) is 8.42 Å². The summed E-state index contributed by atoms with van der Waals surface area (Å²) in [7, 11) is -3.78. The molecule has 1 aromatic heterocycles. The maximum atomic E-state index is 13.1. The number of hydrogen-bond acceptors (Lipinski definition) is 5. The van der Waals surface area contributed by atoms with E-state index in [1.807, 2.05) is 11.4 Å². The number of rotatable bonds is 4. The molecule has 0 aliphatic carbocycles. The smallest absolute Gasteiger partial charge is 0.264 e. The summed E-state index contributed by atoms with van der Waals surface area (Å²) in [5.41, 5.74) is 0. The predicted octanol–water partition coefficient (Wildman–Crippen LogP) is 2.54. The molecule has 30 heavy (non-hydrogen) atoms. The first-order valence-corrected chi connectivity index (χ1v) is 12.5. The molecule has 2 fully saturated rings. The topological polar surface area (TPSA) is 78.0 Å². The monoisotopic (exact) mass is 467 g/mol. The fourth-order valence-electron chi connectivity index (χ4n) is 3.91. The third kappa shape index (κ3) is 4.12. The molecule has 2 aromatic rings. The fourth-order valence-corrected chi connectivity index (χ4v) is 6.38. The molecule has 1 aromatic carbocycles. The first kappa shape index (κ1) is 21.3. The molecular weight excluding hydrogens is 446 g/mol. The normalized spacial score (nSPS) is 20.5. The molecule has 0 saturated carbocycles. The summed E-state index contributed by atoms with van der Waals surface area (Å²) in [6.45, 7) is 2.01. The van der Waals surface area contributed by atoms with E-state index in [2.05, 4.69) is 0 Å². The van der Waals surface area contributed by atoms with Gasteiger partial charge in [-0.05, 0) is 48.6 Å². The average molecular weight is 468 g/mol. The van der Waals surface area contributed by atoms with Crippen molar-refractivity contribution >= 4 is 44.8 Å². The first-order valence-electron chi connectivity index (χ1n) is 9.77. The molecule has 0 bridgehead atoms. The summed E-state index contributed by atoms with van der Waals surface area (Å²) in [6.07, 6.45) is 1.14. The van der Waals surface area contributed by atoms with Crippen LogP contribution >= 0.6 is 22.9 Å². The Bertz CT molecular complexity index is 1020. The van der Waals surface area contributed by atoms with Gasteiger partial charge in [0, 0.05) is 37.7 Å². The Morgan fingerprint density at radius 3 is 2.27 bits per heavy atom. The second-order valence-electron chi connectivity index (χ2n) is 7.32. The van der Waals surface area contributed by atoms with E-state index in [1.165, 1.54) is 39.9 Å². The van der Waals surface area contributed by atoms with Crippen molar-refractivity contribution in [3.05, 3.63) is 51.7 Å². The van der Waals surface area contributed by atoms with E-state index in [0.29, 0.717) is 55.5 Å². The van der Waals surface area contributed by atoms with Crippen molar-refractivity contribution < 1.29 is 18.0 Å². The third-order valence-electron chi connectivity index (χ3n) is 5.52. The Balaban J connectivity index is 1.43. The molecule has 2 aliphatic heterocycles. The number of halogens is 1. The molecule has 0 N–H and O–H groups in total. The van der Waals surface area contributed by atoms with E-state index < -0.39 is 16.1 Å². The van der Waals surface area contributed by atoms with E-state index in [0.717, 1.165) is 0 Å². The average Bonchev–Trinajstić information content (AvgIpc) is 3.45. The number of sulfonamides is 1. The molecule has 0 radical (unpaired) electrons. The minimum absolute atomic E-state index is 0.0232. The van der Waals surface area contributed by atoms with Crippen LogP contribution in [0.3, 0.4) is 0 Å². The number of hydrogen-bond donors (Lipinski definition) is 0. The Kier molecular flexibility index (Phi) is 6.15. The summed E-state index contributed by atoms with van der Waals surface area (Å²) in [5.74, 6) is -0.210. The number of nitrogens with zero attached hydrogens (tertiary/aromatic N) is 3. The quantitative estimate of drug-likeness (QED) is 0.692. The zero-order chi connectivity index (χ0) is 21.3. The minimum Gasteiger partial charge on any atom is -0.338 e. The van der Waals surface area contributed by atoms with Crippen LogP contribution in [0.4, 0.5) is 0 Å². The van der Waals surface area contributed by atoms with Crippen LogP contribution < -0.4 is 0 Å². The van der Waals surface area contributed by atoms with E-state index in [4.69, 9.17) is 11.6 Å². The van der Waals surface area contributed by atoms with Crippen molar-refractivity contribution in [2.24, 2.45) is 0 Å². The first-order chi connectivity index (χ1) is 14.4. The van der Waals surface area contributed by atoms with Crippen molar-refractivity contribution in [2.45, 2.75) is 23.8 Å². The zero-order valence-corrected chi connectivity index (χ0v) is 18.6. The van der Waals surface area contributed by atoms with Gasteiger partial charge in [0.1, 0.15) is 6.04 Å². The lowest BCUT2D eigenvalue weighted by Crippen LogP contribution is -2.55. The highest BCUT2D eigenvalue weighted by Crippen LogP contribution is 2.28. The number of piperazine rings is 1. The number of thiophene rings is 1. The highest BCUT2D eigenvalue weighted by molar-refractivity contribution is 7.89. The molecule has 3 heterocycles. The van der Waals surface area contributed by atoms with Gasteiger partial charge in [-0.15, -0.1) is 11.3 Å². The standard InChI is InChI=1S/C20H22ClN3O4S2/c21-15-5-7-16(8-6-15)30(27,28)24-9-1-3-17(24)19(25)22-10-12-23(13-11-22)20(26)18-4-2-14-29-18/h2,4-8,14,17H,1,3,9-13H2/t17-/m1/s1. The van der Waals surface area contributed by atoms with Crippen LogP contribution in [0.5, 0.6) is 0 Å². The SMILES string of the molecule is O=C(c1cccs1)N1CCN(C(=O)[C@H]2CCCN2S(=O)(=O)c2ccc(Cl)cc2)CC1. The van der Waals surface area contributed by atoms with Crippen LogP contribution in [0.2, 0.25) is 5.02 Å². The minimum atomic E-state index is -3.78.